The second-order valence-electron chi connectivity index (χ2n) is 6.04. The zero-order valence-electron chi connectivity index (χ0n) is 12.7. The minimum absolute atomic E-state index is 0.625. The molecule has 0 radical (unpaired) electrons. The van der Waals surface area contributed by atoms with Crippen molar-refractivity contribution in [2.24, 2.45) is 5.92 Å². The van der Waals surface area contributed by atoms with E-state index in [0.717, 1.165) is 19.0 Å². The van der Waals surface area contributed by atoms with Crippen LogP contribution in [0.15, 0.2) is 24.3 Å². The first-order chi connectivity index (χ1) is 9.22. The third kappa shape index (κ3) is 3.73. The van der Waals surface area contributed by atoms with Gasteiger partial charge in [0.25, 0.3) is 0 Å². The molecule has 1 aromatic carbocycles. The fourth-order valence-electron chi connectivity index (χ4n) is 2.96. The molecule has 0 bridgehead atoms. The van der Waals surface area contributed by atoms with Crippen molar-refractivity contribution >= 4 is 5.69 Å². The zero-order valence-corrected chi connectivity index (χ0v) is 12.7. The summed E-state index contributed by atoms with van der Waals surface area (Å²) in [5.41, 5.74) is 2.99. The highest BCUT2D eigenvalue weighted by Gasteiger charge is 2.22. The number of benzene rings is 1. The summed E-state index contributed by atoms with van der Waals surface area (Å²) in [4.78, 5) is 2.62. The molecule has 0 amide bonds. The van der Waals surface area contributed by atoms with Gasteiger partial charge in [0.1, 0.15) is 0 Å². The van der Waals surface area contributed by atoms with Crippen LogP contribution < -0.4 is 10.2 Å². The number of fused-ring (bicyclic) bond motifs is 1. The van der Waals surface area contributed by atoms with Crippen molar-refractivity contribution in [2.75, 3.05) is 24.5 Å². The second-order valence-corrected chi connectivity index (χ2v) is 6.04. The predicted octanol–water partition coefficient (Wildman–Crippen LogP) is 3.46. The maximum Gasteiger partial charge on any atom is 0.0412 e. The van der Waals surface area contributed by atoms with E-state index in [1.54, 1.807) is 0 Å². The van der Waals surface area contributed by atoms with E-state index in [1.807, 2.05) is 0 Å². The van der Waals surface area contributed by atoms with Gasteiger partial charge in [-0.1, -0.05) is 39.0 Å². The van der Waals surface area contributed by atoms with Gasteiger partial charge in [0.2, 0.25) is 0 Å². The molecule has 0 aromatic heterocycles. The topological polar surface area (TPSA) is 15.3 Å². The number of para-hydroxylation sites is 1. The molecule has 106 valence electrons. The Morgan fingerprint density at radius 2 is 2.00 bits per heavy atom. The summed E-state index contributed by atoms with van der Waals surface area (Å²) >= 11 is 0. The summed E-state index contributed by atoms with van der Waals surface area (Å²) in [6, 6.07) is 9.54. The summed E-state index contributed by atoms with van der Waals surface area (Å²) in [7, 11) is 0. The van der Waals surface area contributed by atoms with E-state index in [1.165, 1.54) is 37.1 Å². The molecule has 0 spiro atoms. The summed E-state index contributed by atoms with van der Waals surface area (Å²) in [5.74, 6) is 0.728. The Labute approximate surface area is 118 Å². The van der Waals surface area contributed by atoms with Crippen molar-refractivity contribution in [1.29, 1.82) is 0 Å². The van der Waals surface area contributed by atoms with E-state index in [-0.39, 0.29) is 0 Å². The molecule has 1 atom stereocenters. The lowest BCUT2D eigenvalue weighted by molar-refractivity contribution is 0.474. The van der Waals surface area contributed by atoms with Crippen LogP contribution in [0.25, 0.3) is 0 Å². The average Bonchev–Trinajstić information content (AvgIpc) is 2.43. The fraction of sp³-hybridized carbons (Fsp3) is 0.647. The Morgan fingerprint density at radius 1 is 1.21 bits per heavy atom. The first-order valence-electron chi connectivity index (χ1n) is 7.77. The standard InChI is InChI=1S/C17H28N2/c1-4-16(13-18-12-14(2)3)19-11-7-9-15-8-5-6-10-17(15)19/h5-6,8,10,14,16,18H,4,7,9,11-13H2,1-3H3. The molecule has 0 saturated heterocycles. The van der Waals surface area contributed by atoms with Crippen molar-refractivity contribution in [3.05, 3.63) is 29.8 Å². The average molecular weight is 260 g/mol. The SMILES string of the molecule is CCC(CNCC(C)C)N1CCCc2ccccc21. The molecular weight excluding hydrogens is 232 g/mol. The van der Waals surface area contributed by atoms with E-state index >= 15 is 0 Å². The number of hydrogen-bond acceptors (Lipinski definition) is 2. The van der Waals surface area contributed by atoms with Gasteiger partial charge in [-0.3, -0.25) is 0 Å². The van der Waals surface area contributed by atoms with Crippen LogP contribution >= 0.6 is 0 Å². The van der Waals surface area contributed by atoms with Gasteiger partial charge in [0.05, 0.1) is 0 Å². The molecule has 1 aliphatic rings. The maximum atomic E-state index is 3.62. The molecule has 0 fully saturated rings. The second kappa shape index (κ2) is 6.95. The zero-order chi connectivity index (χ0) is 13.7. The third-order valence-corrected chi connectivity index (χ3v) is 3.99. The van der Waals surface area contributed by atoms with Crippen LogP contribution in [-0.4, -0.2) is 25.7 Å². The number of nitrogens with one attached hydrogen (secondary N) is 1. The van der Waals surface area contributed by atoms with Gasteiger partial charge in [0.15, 0.2) is 0 Å². The molecule has 0 saturated carbocycles. The summed E-state index contributed by atoms with van der Waals surface area (Å²) in [6.07, 6.45) is 3.74. The summed E-state index contributed by atoms with van der Waals surface area (Å²) < 4.78 is 0. The highest BCUT2D eigenvalue weighted by molar-refractivity contribution is 5.56. The Hall–Kier alpha value is -1.02. The van der Waals surface area contributed by atoms with E-state index in [4.69, 9.17) is 0 Å². The van der Waals surface area contributed by atoms with Crippen LogP contribution in [0.1, 0.15) is 39.2 Å². The molecule has 2 nitrogen and oxygen atoms in total. The van der Waals surface area contributed by atoms with Crippen molar-refractivity contribution < 1.29 is 0 Å². The van der Waals surface area contributed by atoms with Crippen LogP contribution in [0.2, 0.25) is 0 Å². The minimum Gasteiger partial charge on any atom is -0.367 e. The number of rotatable bonds is 6. The van der Waals surface area contributed by atoms with Crippen molar-refractivity contribution in [3.63, 3.8) is 0 Å². The van der Waals surface area contributed by atoms with E-state index < -0.39 is 0 Å². The van der Waals surface area contributed by atoms with Gasteiger partial charge in [-0.25, -0.2) is 0 Å². The number of aryl methyl sites for hydroxylation is 1. The lowest BCUT2D eigenvalue weighted by Crippen LogP contribution is -2.45. The highest BCUT2D eigenvalue weighted by Crippen LogP contribution is 2.28. The number of anilines is 1. The van der Waals surface area contributed by atoms with Crippen molar-refractivity contribution in [3.8, 4) is 0 Å². The molecular formula is C17H28N2. The molecule has 2 heteroatoms. The van der Waals surface area contributed by atoms with Crippen LogP contribution in [-0.2, 0) is 6.42 Å². The van der Waals surface area contributed by atoms with Gasteiger partial charge in [-0.2, -0.15) is 0 Å². The normalized spacial score (nSPS) is 16.5. The minimum atomic E-state index is 0.625. The molecule has 1 heterocycles. The number of nitrogens with zero attached hydrogens (tertiary/aromatic N) is 1. The fourth-order valence-corrected chi connectivity index (χ4v) is 2.96. The van der Waals surface area contributed by atoms with Crippen LogP contribution in [0.5, 0.6) is 0 Å². The largest absolute Gasteiger partial charge is 0.367 e. The maximum absolute atomic E-state index is 3.62. The van der Waals surface area contributed by atoms with Crippen LogP contribution in [0.3, 0.4) is 0 Å². The van der Waals surface area contributed by atoms with Gasteiger partial charge in [-0.05, 0) is 43.4 Å². The molecule has 0 aliphatic carbocycles. The van der Waals surface area contributed by atoms with Gasteiger partial charge in [0, 0.05) is 24.8 Å². The third-order valence-electron chi connectivity index (χ3n) is 3.99. The van der Waals surface area contributed by atoms with Crippen molar-refractivity contribution in [2.45, 2.75) is 46.1 Å². The molecule has 19 heavy (non-hydrogen) atoms. The summed E-state index contributed by atoms with van der Waals surface area (Å²) in [6.45, 7) is 10.3. The number of hydrogen-bond donors (Lipinski definition) is 1. The predicted molar refractivity (Wildman–Crippen MR) is 83.9 cm³/mol. The Kier molecular flexibility index (Phi) is 5.26. The Balaban J connectivity index is 2.03. The molecule has 1 aliphatic heterocycles. The Morgan fingerprint density at radius 3 is 2.74 bits per heavy atom. The van der Waals surface area contributed by atoms with Gasteiger partial charge >= 0.3 is 0 Å². The van der Waals surface area contributed by atoms with E-state index in [0.29, 0.717) is 6.04 Å². The lowest BCUT2D eigenvalue weighted by Gasteiger charge is -2.38. The molecule has 1 N–H and O–H groups in total. The summed E-state index contributed by atoms with van der Waals surface area (Å²) in [5, 5.41) is 3.62. The molecule has 1 unspecified atom stereocenters. The van der Waals surface area contributed by atoms with Crippen molar-refractivity contribution in [1.82, 2.24) is 5.32 Å². The molecule has 2 rings (SSSR count). The lowest BCUT2D eigenvalue weighted by atomic mass is 9.99. The van der Waals surface area contributed by atoms with E-state index in [9.17, 15) is 0 Å². The Bertz CT molecular complexity index is 387. The molecule has 1 aromatic rings. The van der Waals surface area contributed by atoms with Gasteiger partial charge in [-0.15, -0.1) is 0 Å². The van der Waals surface area contributed by atoms with E-state index in [2.05, 4.69) is 55.3 Å². The smallest absolute Gasteiger partial charge is 0.0412 e. The highest BCUT2D eigenvalue weighted by atomic mass is 15.2. The first-order valence-corrected chi connectivity index (χ1v) is 7.77. The quantitative estimate of drug-likeness (QED) is 0.842. The van der Waals surface area contributed by atoms with Gasteiger partial charge < -0.3 is 10.2 Å². The first kappa shape index (κ1) is 14.4. The monoisotopic (exact) mass is 260 g/mol. The van der Waals surface area contributed by atoms with Crippen LogP contribution in [0.4, 0.5) is 5.69 Å². The van der Waals surface area contributed by atoms with Crippen LogP contribution in [0, 0.1) is 5.92 Å².